The van der Waals surface area contributed by atoms with E-state index in [4.69, 9.17) is 0 Å². The maximum absolute atomic E-state index is 12.7. The van der Waals surface area contributed by atoms with Crippen LogP contribution in [0.2, 0.25) is 0 Å². The van der Waals surface area contributed by atoms with Gasteiger partial charge < -0.3 is 15.0 Å². The molecule has 2 aromatic carbocycles. The third-order valence-electron chi connectivity index (χ3n) is 4.72. The van der Waals surface area contributed by atoms with Gasteiger partial charge in [0.2, 0.25) is 0 Å². The molecule has 0 fully saturated rings. The van der Waals surface area contributed by atoms with Crippen molar-refractivity contribution in [2.75, 3.05) is 7.05 Å². The molecule has 5 nitrogen and oxygen atoms in total. The number of nitrogens with one attached hydrogen (secondary N) is 1. The molecule has 120 valence electrons. The van der Waals surface area contributed by atoms with Gasteiger partial charge in [0, 0.05) is 23.8 Å². The van der Waals surface area contributed by atoms with Crippen LogP contribution < -0.4 is 0 Å². The Morgan fingerprint density at radius 3 is 2.58 bits per heavy atom. The Morgan fingerprint density at radius 1 is 1.12 bits per heavy atom. The lowest BCUT2D eigenvalue weighted by molar-refractivity contribution is -0.140. The van der Waals surface area contributed by atoms with Gasteiger partial charge in [0.05, 0.1) is 6.04 Å². The van der Waals surface area contributed by atoms with Crippen LogP contribution in [0.4, 0.5) is 0 Å². The second-order valence-corrected chi connectivity index (χ2v) is 6.08. The average molecular weight is 320 g/mol. The molecule has 1 amide bonds. The Hall–Kier alpha value is -3.08. The van der Waals surface area contributed by atoms with Gasteiger partial charge in [-0.2, -0.15) is 0 Å². The van der Waals surface area contributed by atoms with E-state index in [0.29, 0.717) is 11.1 Å². The van der Waals surface area contributed by atoms with Crippen molar-refractivity contribution in [3.05, 3.63) is 71.4 Å². The van der Waals surface area contributed by atoms with E-state index in [-0.39, 0.29) is 5.91 Å². The minimum Gasteiger partial charge on any atom is -0.481 e. The van der Waals surface area contributed by atoms with Gasteiger partial charge in [0.1, 0.15) is 5.92 Å². The topological polar surface area (TPSA) is 73.4 Å². The van der Waals surface area contributed by atoms with Gasteiger partial charge in [-0.25, -0.2) is 0 Å². The van der Waals surface area contributed by atoms with Crippen molar-refractivity contribution in [2.24, 2.45) is 0 Å². The summed E-state index contributed by atoms with van der Waals surface area (Å²) in [5.74, 6) is -1.91. The van der Waals surface area contributed by atoms with Crippen LogP contribution in [-0.2, 0) is 4.79 Å². The summed E-state index contributed by atoms with van der Waals surface area (Å²) in [5, 5.41) is 10.8. The molecule has 2 N–H and O–H groups in total. The lowest BCUT2D eigenvalue weighted by Gasteiger charge is -2.37. The Balaban J connectivity index is 1.92. The molecule has 4 rings (SSSR count). The number of carbonyl (C=O) groups is 2. The van der Waals surface area contributed by atoms with Gasteiger partial charge >= 0.3 is 5.97 Å². The van der Waals surface area contributed by atoms with Crippen molar-refractivity contribution in [2.45, 2.75) is 12.0 Å². The van der Waals surface area contributed by atoms with E-state index in [0.717, 1.165) is 16.6 Å². The molecule has 1 aliphatic rings. The van der Waals surface area contributed by atoms with Gasteiger partial charge in [-0.3, -0.25) is 9.59 Å². The summed E-state index contributed by atoms with van der Waals surface area (Å²) in [6, 6.07) is 16.0. The average Bonchev–Trinajstić information content (AvgIpc) is 3.01. The molecule has 2 atom stereocenters. The highest BCUT2D eigenvalue weighted by Gasteiger charge is 2.43. The van der Waals surface area contributed by atoms with E-state index in [9.17, 15) is 14.7 Å². The van der Waals surface area contributed by atoms with Crippen LogP contribution in [0, 0.1) is 0 Å². The van der Waals surface area contributed by atoms with E-state index in [1.807, 2.05) is 30.3 Å². The number of carboxylic acids is 1. The summed E-state index contributed by atoms with van der Waals surface area (Å²) in [6.07, 6.45) is 0. The minimum absolute atomic E-state index is 0.160. The smallest absolute Gasteiger partial charge is 0.313 e. The zero-order chi connectivity index (χ0) is 16.8. The number of rotatable bonds is 2. The summed E-state index contributed by atoms with van der Waals surface area (Å²) in [4.78, 5) is 29.5. The molecule has 2 unspecified atom stereocenters. The number of para-hydroxylation sites is 1. The highest BCUT2D eigenvalue weighted by molar-refractivity contribution is 6.00. The lowest BCUT2D eigenvalue weighted by Crippen LogP contribution is -2.42. The predicted molar refractivity (Wildman–Crippen MR) is 90.0 cm³/mol. The first kappa shape index (κ1) is 14.5. The number of aromatic nitrogens is 1. The number of hydrogen-bond acceptors (Lipinski definition) is 2. The Bertz CT molecular complexity index is 927. The number of nitrogens with zero attached hydrogens (tertiary/aromatic N) is 1. The van der Waals surface area contributed by atoms with Crippen LogP contribution in [0.3, 0.4) is 0 Å². The van der Waals surface area contributed by atoms with Crippen molar-refractivity contribution in [3.63, 3.8) is 0 Å². The molecule has 0 bridgehead atoms. The van der Waals surface area contributed by atoms with Gasteiger partial charge in [0.25, 0.3) is 5.91 Å². The van der Waals surface area contributed by atoms with Crippen molar-refractivity contribution in [3.8, 4) is 0 Å². The van der Waals surface area contributed by atoms with E-state index >= 15 is 0 Å². The van der Waals surface area contributed by atoms with Gasteiger partial charge in [-0.05, 0) is 29.1 Å². The number of aromatic amines is 1. The zero-order valence-corrected chi connectivity index (χ0v) is 13.1. The lowest BCUT2D eigenvalue weighted by atomic mass is 9.82. The quantitative estimate of drug-likeness (QED) is 0.762. The van der Waals surface area contributed by atoms with E-state index in [1.165, 1.54) is 4.90 Å². The first-order valence-corrected chi connectivity index (χ1v) is 7.74. The van der Waals surface area contributed by atoms with Crippen LogP contribution in [0.5, 0.6) is 0 Å². The predicted octanol–water partition coefficient (Wildman–Crippen LogP) is 3.16. The third-order valence-corrected chi connectivity index (χ3v) is 4.72. The van der Waals surface area contributed by atoms with Crippen LogP contribution >= 0.6 is 0 Å². The molecule has 3 aromatic rings. The highest BCUT2D eigenvalue weighted by Crippen LogP contribution is 2.42. The molecule has 0 saturated heterocycles. The number of H-pyrrole nitrogens is 1. The SMILES string of the molecule is CN1C(=O)c2ccccc2C(C(=O)O)C1c1cc2ccccc2[nH]1. The highest BCUT2D eigenvalue weighted by atomic mass is 16.4. The van der Waals surface area contributed by atoms with Crippen LogP contribution in [-0.4, -0.2) is 33.9 Å². The summed E-state index contributed by atoms with van der Waals surface area (Å²) < 4.78 is 0. The second kappa shape index (κ2) is 5.23. The Labute approximate surface area is 138 Å². The molecule has 1 aliphatic heterocycles. The minimum atomic E-state index is -0.939. The summed E-state index contributed by atoms with van der Waals surface area (Å²) in [7, 11) is 1.66. The molecule has 0 spiro atoms. The fourth-order valence-corrected chi connectivity index (χ4v) is 3.58. The number of aliphatic carboxylic acids is 1. The fraction of sp³-hybridized carbons (Fsp3) is 0.158. The van der Waals surface area contributed by atoms with E-state index < -0.39 is 17.9 Å². The number of likely N-dealkylation sites (N-methyl/N-ethyl adjacent to an activating group) is 1. The fourth-order valence-electron chi connectivity index (χ4n) is 3.58. The van der Waals surface area contributed by atoms with Gasteiger partial charge in [0.15, 0.2) is 0 Å². The number of hydrogen-bond donors (Lipinski definition) is 2. The number of carboxylic acid groups (broad SMARTS) is 1. The normalized spacial score (nSPS) is 20.2. The molecular formula is C19H16N2O3. The van der Waals surface area contributed by atoms with Crippen molar-refractivity contribution in [1.29, 1.82) is 0 Å². The Kier molecular flexibility index (Phi) is 3.16. The van der Waals surface area contributed by atoms with Crippen LogP contribution in [0.1, 0.15) is 33.6 Å². The first-order chi connectivity index (χ1) is 11.6. The molecule has 2 heterocycles. The second-order valence-electron chi connectivity index (χ2n) is 6.08. The molecule has 0 aliphatic carbocycles. The number of benzene rings is 2. The van der Waals surface area contributed by atoms with Gasteiger partial charge in [-0.1, -0.05) is 36.4 Å². The maximum Gasteiger partial charge on any atom is 0.313 e. The van der Waals surface area contributed by atoms with Crippen molar-refractivity contribution in [1.82, 2.24) is 9.88 Å². The number of amides is 1. The maximum atomic E-state index is 12.7. The van der Waals surface area contributed by atoms with E-state index in [1.54, 1.807) is 31.3 Å². The largest absolute Gasteiger partial charge is 0.481 e. The number of carbonyl (C=O) groups excluding carboxylic acids is 1. The Morgan fingerprint density at radius 2 is 1.83 bits per heavy atom. The zero-order valence-electron chi connectivity index (χ0n) is 13.1. The van der Waals surface area contributed by atoms with E-state index in [2.05, 4.69) is 4.98 Å². The summed E-state index contributed by atoms with van der Waals surface area (Å²) in [5.41, 5.74) is 2.68. The standard InChI is InChI=1S/C19H16N2O3/c1-21-17(15-10-11-6-2-5-9-14(11)20-15)16(19(23)24)12-7-3-4-8-13(12)18(21)22/h2-10,16-17,20H,1H3,(H,23,24). The molecular weight excluding hydrogens is 304 g/mol. The van der Waals surface area contributed by atoms with Gasteiger partial charge in [-0.15, -0.1) is 0 Å². The number of fused-ring (bicyclic) bond motifs is 2. The molecule has 5 heteroatoms. The van der Waals surface area contributed by atoms with Crippen molar-refractivity contribution < 1.29 is 14.7 Å². The molecule has 0 saturated carbocycles. The monoisotopic (exact) mass is 320 g/mol. The summed E-state index contributed by atoms with van der Waals surface area (Å²) >= 11 is 0. The molecule has 24 heavy (non-hydrogen) atoms. The summed E-state index contributed by atoms with van der Waals surface area (Å²) in [6.45, 7) is 0. The molecule has 1 aromatic heterocycles. The molecule has 0 radical (unpaired) electrons. The first-order valence-electron chi connectivity index (χ1n) is 7.74. The van der Waals surface area contributed by atoms with Crippen LogP contribution in [0.25, 0.3) is 10.9 Å². The van der Waals surface area contributed by atoms with Crippen LogP contribution in [0.15, 0.2) is 54.6 Å². The van der Waals surface area contributed by atoms with Crippen molar-refractivity contribution >= 4 is 22.8 Å². The third kappa shape index (κ3) is 2.01.